The molecule has 0 bridgehead atoms. The molecule has 0 amide bonds. The topological polar surface area (TPSA) is 6.48 Å². The Labute approximate surface area is 330 Å². The number of hydrogen-bond donors (Lipinski definition) is 0. The molecule has 0 fully saturated rings. The Bertz CT molecular complexity index is 3210. The van der Waals surface area contributed by atoms with Crippen molar-refractivity contribution in [1.82, 2.24) is 0 Å². The van der Waals surface area contributed by atoms with Crippen molar-refractivity contribution in [2.75, 3.05) is 9.80 Å². The molecule has 57 heavy (non-hydrogen) atoms. The normalized spacial score (nSPS) is 13.2. The largest absolute Gasteiger partial charge is 0.311 e. The van der Waals surface area contributed by atoms with E-state index in [1.54, 1.807) is 0 Å². The van der Waals surface area contributed by atoms with Crippen molar-refractivity contribution in [3.8, 4) is 11.1 Å². The van der Waals surface area contributed by atoms with E-state index in [9.17, 15) is 0 Å². The molecule has 2 heterocycles. The number of para-hydroxylation sites is 2. The summed E-state index contributed by atoms with van der Waals surface area (Å²) in [6.45, 7) is 0.0219. The third-order valence-electron chi connectivity index (χ3n) is 12.7. The van der Waals surface area contributed by atoms with Gasteiger partial charge in [0, 0.05) is 44.9 Å². The van der Waals surface area contributed by atoms with E-state index in [1.807, 2.05) is 0 Å². The Morgan fingerprint density at radius 1 is 0.316 bits per heavy atom. The summed E-state index contributed by atoms with van der Waals surface area (Å²) in [5.41, 5.74) is 13.6. The van der Waals surface area contributed by atoms with Crippen LogP contribution in [0.15, 0.2) is 200 Å². The summed E-state index contributed by atoms with van der Waals surface area (Å²) < 4.78 is 0. The lowest BCUT2D eigenvalue weighted by Gasteiger charge is -2.45. The van der Waals surface area contributed by atoms with Gasteiger partial charge in [-0.15, -0.1) is 0 Å². The van der Waals surface area contributed by atoms with Gasteiger partial charge in [0.15, 0.2) is 0 Å². The molecule has 2 nitrogen and oxygen atoms in total. The quantitative estimate of drug-likeness (QED) is 0.132. The second-order valence-electron chi connectivity index (χ2n) is 15.7. The predicted molar refractivity (Wildman–Crippen MR) is 245 cm³/mol. The van der Waals surface area contributed by atoms with Gasteiger partial charge in [-0.1, -0.05) is 152 Å². The highest BCUT2D eigenvalue weighted by Crippen LogP contribution is 2.49. The molecule has 13 rings (SSSR count). The van der Waals surface area contributed by atoms with Crippen molar-refractivity contribution in [3.63, 3.8) is 0 Å². The lowest BCUT2D eigenvalue weighted by Crippen LogP contribution is -2.61. The Balaban J connectivity index is 1.19. The lowest BCUT2D eigenvalue weighted by atomic mass is 9.33. The highest BCUT2D eigenvalue weighted by Gasteiger charge is 2.44. The second-order valence-corrected chi connectivity index (χ2v) is 15.7. The Morgan fingerprint density at radius 3 is 1.25 bits per heavy atom. The Kier molecular flexibility index (Phi) is 6.28. The van der Waals surface area contributed by atoms with Gasteiger partial charge < -0.3 is 9.80 Å². The lowest BCUT2D eigenvalue weighted by molar-refractivity contribution is 1.27. The van der Waals surface area contributed by atoms with E-state index in [1.165, 1.54) is 104 Å². The average molecular weight is 721 g/mol. The summed E-state index contributed by atoms with van der Waals surface area (Å²) >= 11 is 0. The number of anilines is 6. The van der Waals surface area contributed by atoms with Crippen molar-refractivity contribution >= 4 is 111 Å². The molecule has 3 heteroatoms. The first kappa shape index (κ1) is 30.9. The van der Waals surface area contributed by atoms with Gasteiger partial charge in [0.05, 0.1) is 0 Å². The van der Waals surface area contributed by atoms with Crippen LogP contribution in [-0.2, 0) is 0 Å². The number of nitrogens with zero attached hydrogens (tertiary/aromatic N) is 2. The van der Waals surface area contributed by atoms with Crippen LogP contribution in [0, 0.1) is 0 Å². The van der Waals surface area contributed by atoms with Crippen molar-refractivity contribution in [2.45, 2.75) is 0 Å². The van der Waals surface area contributed by atoms with Crippen LogP contribution in [0.4, 0.5) is 34.1 Å². The van der Waals surface area contributed by atoms with Gasteiger partial charge in [0.25, 0.3) is 6.71 Å². The van der Waals surface area contributed by atoms with Crippen LogP contribution < -0.4 is 26.2 Å². The van der Waals surface area contributed by atoms with Crippen molar-refractivity contribution in [2.24, 2.45) is 0 Å². The van der Waals surface area contributed by atoms with Crippen molar-refractivity contribution in [1.29, 1.82) is 0 Å². The van der Waals surface area contributed by atoms with E-state index in [2.05, 4.69) is 210 Å². The third kappa shape index (κ3) is 4.31. The van der Waals surface area contributed by atoms with Crippen molar-refractivity contribution in [3.05, 3.63) is 200 Å². The molecular weight excluding hydrogens is 687 g/mol. The molecule has 0 saturated carbocycles. The SMILES string of the molecule is c1ccc(N2c3cc(-c4cc5ccc6cccc7ccc(c4)c5c67)cc4c3B(c3ccc5ccccc5c32)c2ccc3ccccc3c2N4c2ccccc2)cc1. The zero-order valence-electron chi connectivity index (χ0n) is 31.0. The fourth-order valence-electron chi connectivity index (χ4n) is 10.3. The highest BCUT2D eigenvalue weighted by molar-refractivity contribution is 7.00. The van der Waals surface area contributed by atoms with Gasteiger partial charge in [-0.3, -0.25) is 0 Å². The monoisotopic (exact) mass is 720 g/mol. The first-order valence-electron chi connectivity index (χ1n) is 19.9. The number of fused-ring (bicyclic) bond motifs is 8. The summed E-state index contributed by atoms with van der Waals surface area (Å²) in [5.74, 6) is 0. The summed E-state index contributed by atoms with van der Waals surface area (Å²) in [4.78, 5) is 5.10. The van der Waals surface area contributed by atoms with Gasteiger partial charge >= 0.3 is 0 Å². The molecular formula is C54H33BN2. The summed E-state index contributed by atoms with van der Waals surface area (Å²) in [7, 11) is 0. The predicted octanol–water partition coefficient (Wildman–Crippen LogP) is 12.6. The fraction of sp³-hybridized carbons (Fsp3) is 0. The molecule has 0 unspecified atom stereocenters. The summed E-state index contributed by atoms with van der Waals surface area (Å²) in [6.07, 6.45) is 0. The van der Waals surface area contributed by atoms with E-state index in [0.29, 0.717) is 0 Å². The van der Waals surface area contributed by atoms with E-state index in [-0.39, 0.29) is 6.71 Å². The van der Waals surface area contributed by atoms with Gasteiger partial charge in [-0.25, -0.2) is 0 Å². The van der Waals surface area contributed by atoms with Gasteiger partial charge in [0.2, 0.25) is 0 Å². The minimum absolute atomic E-state index is 0.0219. The standard InChI is InChI=1S/C54H33BN2/c1-3-16-42(17-4-1)56-48-32-41(40-30-38-24-22-36-14-11-15-37-23-25-39(31-40)51(38)50(36)37)33-49-52(48)55(46-28-26-34-12-7-9-20-44(34)53(46)56)47-29-27-35-13-8-10-21-45(35)54(47)57(49)43-18-5-2-6-19-43/h1-33H. The maximum atomic E-state index is 2.55. The molecule has 2 aliphatic heterocycles. The third-order valence-corrected chi connectivity index (χ3v) is 12.7. The molecule has 11 aromatic rings. The summed E-state index contributed by atoms with van der Waals surface area (Å²) in [5, 5.41) is 12.8. The Hall–Kier alpha value is -7.36. The van der Waals surface area contributed by atoms with E-state index < -0.39 is 0 Å². The number of benzene rings is 11. The first-order chi connectivity index (χ1) is 28.3. The smallest absolute Gasteiger partial charge is 0.252 e. The second kappa shape index (κ2) is 11.6. The first-order valence-corrected chi connectivity index (χ1v) is 19.9. The maximum Gasteiger partial charge on any atom is 0.252 e. The van der Waals surface area contributed by atoms with Crippen LogP contribution in [0.5, 0.6) is 0 Å². The van der Waals surface area contributed by atoms with Crippen LogP contribution in [0.25, 0.3) is 65.0 Å². The van der Waals surface area contributed by atoms with Gasteiger partial charge in [-0.05, 0) is 119 Å². The number of rotatable bonds is 3. The minimum Gasteiger partial charge on any atom is -0.311 e. The molecule has 0 aromatic heterocycles. The van der Waals surface area contributed by atoms with E-state index in [0.717, 1.165) is 11.4 Å². The van der Waals surface area contributed by atoms with Crippen LogP contribution in [0.2, 0.25) is 0 Å². The zero-order valence-corrected chi connectivity index (χ0v) is 31.0. The van der Waals surface area contributed by atoms with Crippen LogP contribution in [0.1, 0.15) is 0 Å². The molecule has 2 aliphatic rings. The van der Waals surface area contributed by atoms with Gasteiger partial charge in [0.1, 0.15) is 0 Å². The van der Waals surface area contributed by atoms with E-state index >= 15 is 0 Å². The fourth-order valence-corrected chi connectivity index (χ4v) is 10.3. The highest BCUT2D eigenvalue weighted by atomic mass is 15.2. The van der Waals surface area contributed by atoms with Crippen LogP contribution >= 0.6 is 0 Å². The molecule has 0 N–H and O–H groups in total. The maximum absolute atomic E-state index is 2.55. The average Bonchev–Trinajstić information content (AvgIpc) is 3.28. The molecule has 0 spiro atoms. The zero-order chi connectivity index (χ0) is 37.2. The van der Waals surface area contributed by atoms with E-state index in [4.69, 9.17) is 0 Å². The molecule has 11 aromatic carbocycles. The molecule has 262 valence electrons. The molecule has 0 radical (unpaired) electrons. The summed E-state index contributed by atoms with van der Waals surface area (Å²) in [6, 6.07) is 74.8. The number of hydrogen-bond acceptors (Lipinski definition) is 2. The van der Waals surface area contributed by atoms with Crippen LogP contribution in [0.3, 0.4) is 0 Å². The van der Waals surface area contributed by atoms with Gasteiger partial charge in [-0.2, -0.15) is 0 Å². The van der Waals surface area contributed by atoms with Crippen molar-refractivity contribution < 1.29 is 0 Å². The minimum atomic E-state index is 0.0219. The molecule has 0 saturated heterocycles. The van der Waals surface area contributed by atoms with Crippen LogP contribution in [-0.4, -0.2) is 6.71 Å². The Morgan fingerprint density at radius 2 is 0.719 bits per heavy atom. The molecule has 0 atom stereocenters. The molecule has 0 aliphatic carbocycles.